The molecular formula is C22H34FNS. The molecule has 0 radical (unpaired) electrons. The largest absolute Gasteiger partial charge is 0.251 e. The van der Waals surface area contributed by atoms with Crippen molar-refractivity contribution in [2.75, 3.05) is 6.26 Å². The molecule has 1 nitrogen and oxygen atoms in total. The lowest BCUT2D eigenvalue weighted by atomic mass is 9.73. The van der Waals surface area contributed by atoms with Crippen LogP contribution in [-0.2, 0) is 6.42 Å². The highest BCUT2D eigenvalue weighted by Crippen LogP contribution is 2.39. The van der Waals surface area contributed by atoms with Gasteiger partial charge < -0.3 is 0 Å². The number of aliphatic imine (C=N–C) groups is 1. The van der Waals surface area contributed by atoms with Gasteiger partial charge in [-0.05, 0) is 55.1 Å². The number of thioether (sulfide) groups is 1. The minimum absolute atomic E-state index is 0.203. The van der Waals surface area contributed by atoms with Crippen LogP contribution in [0.4, 0.5) is 4.39 Å². The predicted molar refractivity (Wildman–Crippen MR) is 112 cm³/mol. The van der Waals surface area contributed by atoms with E-state index in [0.29, 0.717) is 11.8 Å². The van der Waals surface area contributed by atoms with E-state index in [0.717, 1.165) is 22.7 Å². The van der Waals surface area contributed by atoms with E-state index in [9.17, 15) is 4.39 Å². The summed E-state index contributed by atoms with van der Waals surface area (Å²) in [4.78, 5) is 4.76. The summed E-state index contributed by atoms with van der Waals surface area (Å²) in [5.74, 6) is -0.203. The standard InChI is InChI=1S/C22H34FNS/c1-6-14-22(8-3,15-7-2)16-13-21(25-5)24-18(4)17-19-9-11-20(23)12-10-19/h9-12H,4,6-8,13-17H2,1-3,5H3/b24-21-. The number of benzene rings is 1. The molecule has 0 aliphatic heterocycles. The Kier molecular flexibility index (Phi) is 10.1. The highest BCUT2D eigenvalue weighted by Gasteiger charge is 2.26. The summed E-state index contributed by atoms with van der Waals surface area (Å²) < 4.78 is 13.0. The van der Waals surface area contributed by atoms with Crippen LogP contribution in [0.25, 0.3) is 0 Å². The SMILES string of the molecule is C=C(Cc1ccc(F)cc1)/N=C(/CCC(CC)(CCC)CCC)SC. The second-order valence-electron chi connectivity index (χ2n) is 6.93. The maximum atomic E-state index is 13.0. The molecule has 0 aliphatic rings. The zero-order valence-electron chi connectivity index (χ0n) is 16.4. The number of hydrogen-bond donors (Lipinski definition) is 0. The number of hydrogen-bond acceptors (Lipinski definition) is 2. The van der Waals surface area contributed by atoms with Crippen molar-refractivity contribution in [3.05, 3.63) is 47.9 Å². The van der Waals surface area contributed by atoms with E-state index in [1.807, 2.05) is 0 Å². The Morgan fingerprint density at radius 1 is 1.08 bits per heavy atom. The summed E-state index contributed by atoms with van der Waals surface area (Å²) in [5, 5.41) is 1.16. The third-order valence-corrected chi connectivity index (χ3v) is 5.79. The van der Waals surface area contributed by atoms with Gasteiger partial charge >= 0.3 is 0 Å². The lowest BCUT2D eigenvalue weighted by molar-refractivity contribution is 0.208. The quantitative estimate of drug-likeness (QED) is 0.294. The van der Waals surface area contributed by atoms with Crippen LogP contribution in [0.15, 0.2) is 41.5 Å². The van der Waals surface area contributed by atoms with Gasteiger partial charge in [-0.1, -0.05) is 58.7 Å². The Hall–Kier alpha value is -1.09. The molecular weight excluding hydrogens is 329 g/mol. The van der Waals surface area contributed by atoms with Crippen molar-refractivity contribution >= 4 is 16.8 Å². The fraction of sp³-hybridized carbons (Fsp3) is 0.591. The Balaban J connectivity index is 2.70. The van der Waals surface area contributed by atoms with Crippen LogP contribution < -0.4 is 0 Å². The van der Waals surface area contributed by atoms with Crippen molar-refractivity contribution in [2.24, 2.45) is 10.4 Å². The van der Waals surface area contributed by atoms with Crippen LogP contribution in [0.3, 0.4) is 0 Å². The van der Waals surface area contributed by atoms with E-state index in [1.54, 1.807) is 23.9 Å². The van der Waals surface area contributed by atoms with Crippen LogP contribution in [0.1, 0.15) is 71.3 Å². The number of halogens is 1. The van der Waals surface area contributed by atoms with Crippen molar-refractivity contribution in [3.8, 4) is 0 Å². The van der Waals surface area contributed by atoms with Crippen molar-refractivity contribution in [1.82, 2.24) is 0 Å². The second kappa shape index (κ2) is 11.5. The van der Waals surface area contributed by atoms with Gasteiger partial charge in [0.1, 0.15) is 5.82 Å². The van der Waals surface area contributed by atoms with Crippen LogP contribution in [0, 0.1) is 11.2 Å². The van der Waals surface area contributed by atoms with Gasteiger partial charge in [0, 0.05) is 12.1 Å². The zero-order valence-corrected chi connectivity index (χ0v) is 17.2. The first-order valence-electron chi connectivity index (χ1n) is 9.52. The molecule has 0 fully saturated rings. The molecule has 0 unspecified atom stereocenters. The van der Waals surface area contributed by atoms with E-state index >= 15 is 0 Å². The molecule has 0 N–H and O–H groups in total. The summed E-state index contributed by atoms with van der Waals surface area (Å²) in [7, 11) is 0. The van der Waals surface area contributed by atoms with E-state index in [4.69, 9.17) is 4.99 Å². The Bertz CT molecular complexity index is 542. The van der Waals surface area contributed by atoms with Gasteiger partial charge in [-0.25, -0.2) is 4.39 Å². The van der Waals surface area contributed by atoms with Crippen molar-refractivity contribution in [2.45, 2.75) is 72.1 Å². The van der Waals surface area contributed by atoms with Crippen molar-refractivity contribution in [3.63, 3.8) is 0 Å². The molecule has 0 saturated carbocycles. The van der Waals surface area contributed by atoms with E-state index in [-0.39, 0.29) is 5.82 Å². The van der Waals surface area contributed by atoms with E-state index in [1.165, 1.54) is 50.7 Å². The summed E-state index contributed by atoms with van der Waals surface area (Å²) in [6, 6.07) is 6.60. The third-order valence-electron chi connectivity index (χ3n) is 5.02. The van der Waals surface area contributed by atoms with Gasteiger partial charge in [0.2, 0.25) is 0 Å². The van der Waals surface area contributed by atoms with Gasteiger partial charge in [0.15, 0.2) is 0 Å². The molecule has 0 aliphatic carbocycles. The smallest absolute Gasteiger partial charge is 0.123 e. The fourth-order valence-corrected chi connectivity index (χ4v) is 4.12. The fourth-order valence-electron chi connectivity index (χ4n) is 3.60. The Labute approximate surface area is 158 Å². The van der Waals surface area contributed by atoms with Gasteiger partial charge in [-0.3, -0.25) is 4.99 Å². The molecule has 0 aromatic heterocycles. The van der Waals surface area contributed by atoms with Crippen molar-refractivity contribution in [1.29, 1.82) is 0 Å². The van der Waals surface area contributed by atoms with Crippen LogP contribution in [0.5, 0.6) is 0 Å². The molecule has 1 aromatic rings. The maximum Gasteiger partial charge on any atom is 0.123 e. The highest BCUT2D eigenvalue weighted by atomic mass is 32.2. The van der Waals surface area contributed by atoms with Gasteiger partial charge in [0.25, 0.3) is 0 Å². The van der Waals surface area contributed by atoms with Crippen LogP contribution >= 0.6 is 11.8 Å². The molecule has 0 bridgehead atoms. The van der Waals surface area contributed by atoms with Gasteiger partial charge in [-0.2, -0.15) is 0 Å². The molecule has 1 aromatic carbocycles. The Morgan fingerprint density at radius 3 is 2.16 bits per heavy atom. The predicted octanol–water partition coefficient (Wildman–Crippen LogP) is 7.42. The van der Waals surface area contributed by atoms with Gasteiger partial charge in [-0.15, -0.1) is 11.8 Å². The van der Waals surface area contributed by atoms with Gasteiger partial charge in [0.05, 0.1) is 5.04 Å². The maximum absolute atomic E-state index is 13.0. The molecule has 0 atom stereocenters. The molecule has 1 rings (SSSR count). The molecule has 140 valence electrons. The molecule has 0 heterocycles. The summed E-state index contributed by atoms with van der Waals surface area (Å²) in [6.07, 6.45) is 11.3. The topological polar surface area (TPSA) is 12.4 Å². The zero-order chi connectivity index (χ0) is 18.7. The lowest BCUT2D eigenvalue weighted by Crippen LogP contribution is -2.20. The van der Waals surface area contributed by atoms with Crippen LogP contribution in [-0.4, -0.2) is 11.3 Å². The third kappa shape index (κ3) is 7.77. The molecule has 25 heavy (non-hydrogen) atoms. The first-order valence-corrected chi connectivity index (χ1v) is 10.7. The Morgan fingerprint density at radius 2 is 1.68 bits per heavy atom. The molecule has 0 saturated heterocycles. The summed E-state index contributed by atoms with van der Waals surface area (Å²) in [6.45, 7) is 11.0. The molecule has 0 amide bonds. The first kappa shape index (κ1) is 22.0. The number of nitrogens with zero attached hydrogens (tertiary/aromatic N) is 1. The van der Waals surface area contributed by atoms with E-state index in [2.05, 4.69) is 33.6 Å². The highest BCUT2D eigenvalue weighted by molar-refractivity contribution is 8.13. The average molecular weight is 364 g/mol. The molecule has 0 spiro atoms. The normalized spacial score (nSPS) is 12.4. The van der Waals surface area contributed by atoms with Crippen molar-refractivity contribution < 1.29 is 4.39 Å². The van der Waals surface area contributed by atoms with Crippen LogP contribution in [0.2, 0.25) is 0 Å². The molecule has 3 heteroatoms. The minimum Gasteiger partial charge on any atom is -0.251 e. The summed E-state index contributed by atoms with van der Waals surface area (Å²) >= 11 is 1.73. The summed E-state index contributed by atoms with van der Waals surface area (Å²) in [5.41, 5.74) is 2.36. The first-order chi connectivity index (χ1) is 12.0. The number of allylic oxidation sites excluding steroid dienone is 1. The minimum atomic E-state index is -0.203. The lowest BCUT2D eigenvalue weighted by Gasteiger charge is -2.32. The number of rotatable bonds is 11. The second-order valence-corrected chi connectivity index (χ2v) is 7.81. The van der Waals surface area contributed by atoms with E-state index < -0.39 is 0 Å². The average Bonchev–Trinajstić information content (AvgIpc) is 2.60. The monoisotopic (exact) mass is 363 g/mol.